The Kier molecular flexibility index (Phi) is 8.38. The second kappa shape index (κ2) is 12.3. The quantitative estimate of drug-likeness (QED) is 0.308. The number of aromatic nitrogens is 1. The Labute approximate surface area is 232 Å². The first kappa shape index (κ1) is 26.6. The Morgan fingerprint density at radius 1 is 1.00 bits per heavy atom. The molecule has 1 fully saturated rings. The molecule has 2 aliphatic rings. The molecule has 0 N–H and O–H groups in total. The van der Waals surface area contributed by atoms with Crippen molar-refractivity contribution in [2.75, 3.05) is 10.7 Å². The lowest BCUT2D eigenvalue weighted by Gasteiger charge is -2.28. The second-order valence-corrected chi connectivity index (χ2v) is 10.9. The van der Waals surface area contributed by atoms with Gasteiger partial charge in [0.15, 0.2) is 0 Å². The van der Waals surface area contributed by atoms with Gasteiger partial charge in [-0.3, -0.25) is 14.4 Å². The average Bonchev–Trinajstić information content (AvgIpc) is 3.24. The molecule has 8 heteroatoms. The number of para-hydroxylation sites is 1. The molecule has 2 heterocycles. The van der Waals surface area contributed by atoms with Crippen molar-refractivity contribution in [2.24, 2.45) is 0 Å². The van der Waals surface area contributed by atoms with Gasteiger partial charge in [-0.1, -0.05) is 73.1 Å². The summed E-state index contributed by atoms with van der Waals surface area (Å²) in [5, 5.41) is 10.3. The molecule has 5 rings (SSSR count). The van der Waals surface area contributed by atoms with Gasteiger partial charge in [-0.15, -0.1) is 0 Å². The van der Waals surface area contributed by atoms with E-state index in [1.165, 1.54) is 34.4 Å². The van der Waals surface area contributed by atoms with E-state index >= 15 is 0 Å². The second-order valence-electron chi connectivity index (χ2n) is 9.89. The van der Waals surface area contributed by atoms with Crippen molar-refractivity contribution in [3.05, 3.63) is 89.1 Å². The third kappa shape index (κ3) is 6.04. The molecular formula is C31H30N4O3S. The Hall–Kier alpha value is -3.96. The maximum Gasteiger partial charge on any atom is 0.257 e. The topological polar surface area (TPSA) is 94.4 Å². The highest BCUT2D eigenvalue weighted by atomic mass is 32.2. The lowest BCUT2D eigenvalue weighted by molar-refractivity contribution is -0.136. The molecule has 0 spiro atoms. The van der Waals surface area contributed by atoms with Crippen LogP contribution < -0.4 is 4.90 Å². The highest BCUT2D eigenvalue weighted by molar-refractivity contribution is 8.00. The van der Waals surface area contributed by atoms with Gasteiger partial charge in [0.25, 0.3) is 5.91 Å². The first-order valence-electron chi connectivity index (χ1n) is 13.4. The number of aryl methyl sites for hydroxylation is 2. The summed E-state index contributed by atoms with van der Waals surface area (Å²) in [5.74, 6) is -0.999. The Morgan fingerprint density at radius 3 is 2.41 bits per heavy atom. The molecule has 0 radical (unpaired) electrons. The minimum atomic E-state index is -0.898. The first-order valence-corrected chi connectivity index (χ1v) is 14.3. The van der Waals surface area contributed by atoms with Gasteiger partial charge in [0.1, 0.15) is 17.1 Å². The molecule has 1 aliphatic heterocycles. The molecule has 1 aromatic heterocycles. The maximum atomic E-state index is 13.7. The summed E-state index contributed by atoms with van der Waals surface area (Å²) in [4.78, 5) is 47.6. The Morgan fingerprint density at radius 2 is 1.69 bits per heavy atom. The number of amides is 3. The molecule has 2 aromatic carbocycles. The molecule has 0 bridgehead atoms. The summed E-state index contributed by atoms with van der Waals surface area (Å²) in [5.41, 5.74) is 3.99. The van der Waals surface area contributed by atoms with Gasteiger partial charge in [-0.05, 0) is 55.0 Å². The summed E-state index contributed by atoms with van der Waals surface area (Å²) in [6.45, 7) is 0.204. The van der Waals surface area contributed by atoms with Gasteiger partial charge in [0, 0.05) is 12.2 Å². The normalized spacial score (nSPS) is 17.2. The number of thioether (sulfide) groups is 1. The van der Waals surface area contributed by atoms with E-state index in [0.29, 0.717) is 16.3 Å². The number of imide groups is 1. The fourth-order valence-electron chi connectivity index (χ4n) is 5.23. The number of carbonyl (C=O) groups is 3. The van der Waals surface area contributed by atoms with Gasteiger partial charge in [0.2, 0.25) is 11.8 Å². The summed E-state index contributed by atoms with van der Waals surface area (Å²) < 4.78 is 0. The van der Waals surface area contributed by atoms with Gasteiger partial charge in [-0.25, -0.2) is 9.88 Å². The zero-order chi connectivity index (χ0) is 27.2. The third-order valence-corrected chi connectivity index (χ3v) is 8.22. The van der Waals surface area contributed by atoms with Gasteiger partial charge in [-0.2, -0.15) is 5.26 Å². The molecule has 7 nitrogen and oxygen atoms in total. The van der Waals surface area contributed by atoms with Gasteiger partial charge < -0.3 is 4.90 Å². The van der Waals surface area contributed by atoms with Crippen molar-refractivity contribution in [1.29, 1.82) is 5.26 Å². The molecule has 0 saturated carbocycles. The Bertz CT molecular complexity index is 1400. The number of hydrogen-bond donors (Lipinski definition) is 0. The van der Waals surface area contributed by atoms with Crippen LogP contribution in [0.15, 0.2) is 71.8 Å². The van der Waals surface area contributed by atoms with Crippen LogP contribution in [0.1, 0.15) is 54.5 Å². The number of anilines is 1. The number of carbonyl (C=O) groups excluding carboxylic acids is 3. The number of pyridine rings is 1. The van der Waals surface area contributed by atoms with Crippen molar-refractivity contribution in [3.63, 3.8) is 0 Å². The van der Waals surface area contributed by atoms with Crippen LogP contribution in [-0.2, 0) is 33.8 Å². The van der Waals surface area contributed by atoms with Crippen LogP contribution in [0.2, 0.25) is 0 Å². The molecule has 198 valence electrons. The van der Waals surface area contributed by atoms with Crippen LogP contribution in [-0.4, -0.2) is 39.4 Å². The van der Waals surface area contributed by atoms with Crippen molar-refractivity contribution in [2.45, 2.75) is 62.6 Å². The minimum absolute atomic E-state index is 0.0105. The SMILES string of the molecule is N#Cc1cc2c(nc1SCC(=O)N(Cc1ccccc1)C1CC(=O)N(c3ccccc3)C1=O)CCCCCC2. The summed E-state index contributed by atoms with van der Waals surface area (Å²) >= 11 is 1.23. The van der Waals surface area contributed by atoms with Gasteiger partial charge >= 0.3 is 0 Å². The summed E-state index contributed by atoms with van der Waals surface area (Å²) in [6.07, 6.45) is 6.23. The van der Waals surface area contributed by atoms with Crippen LogP contribution in [0.3, 0.4) is 0 Å². The highest BCUT2D eigenvalue weighted by Gasteiger charge is 2.44. The number of nitrogens with zero attached hydrogens (tertiary/aromatic N) is 4. The molecule has 3 aromatic rings. The molecule has 1 atom stereocenters. The van der Waals surface area contributed by atoms with Crippen LogP contribution in [0.25, 0.3) is 0 Å². The fraction of sp³-hybridized carbons (Fsp3) is 0.323. The van der Waals surface area contributed by atoms with Crippen molar-refractivity contribution in [1.82, 2.24) is 9.88 Å². The largest absolute Gasteiger partial charge is 0.325 e. The molecule has 1 unspecified atom stereocenters. The number of benzene rings is 2. The minimum Gasteiger partial charge on any atom is -0.325 e. The molecule has 3 amide bonds. The fourth-order valence-corrected chi connectivity index (χ4v) is 6.09. The van der Waals surface area contributed by atoms with E-state index in [1.807, 2.05) is 42.5 Å². The predicted molar refractivity (Wildman–Crippen MR) is 150 cm³/mol. The number of rotatable bonds is 7. The van der Waals surface area contributed by atoms with E-state index in [0.717, 1.165) is 42.5 Å². The maximum absolute atomic E-state index is 13.7. The van der Waals surface area contributed by atoms with E-state index in [9.17, 15) is 19.6 Å². The van der Waals surface area contributed by atoms with Gasteiger partial charge in [0.05, 0.1) is 23.4 Å². The standard InChI is InChI=1S/C31H30N4O3S/c32-19-24-17-23-13-7-1-2-10-16-26(23)33-30(24)39-21-29(37)34(20-22-11-5-3-6-12-22)27-18-28(36)35(31(27)38)25-14-8-4-9-15-25/h3-6,8-9,11-12,14-15,17,27H,1-2,7,10,13,16,18,20-21H2. The lowest BCUT2D eigenvalue weighted by atomic mass is 9.96. The highest BCUT2D eigenvalue weighted by Crippen LogP contribution is 2.30. The summed E-state index contributed by atoms with van der Waals surface area (Å²) in [6, 6.07) is 21.5. The third-order valence-electron chi connectivity index (χ3n) is 7.25. The van der Waals surface area contributed by atoms with E-state index in [1.54, 1.807) is 24.3 Å². The molecule has 1 saturated heterocycles. The van der Waals surface area contributed by atoms with Crippen molar-refractivity contribution < 1.29 is 14.4 Å². The van der Waals surface area contributed by atoms with Crippen LogP contribution >= 0.6 is 11.8 Å². The van der Waals surface area contributed by atoms with E-state index < -0.39 is 11.9 Å². The molecular weight excluding hydrogens is 508 g/mol. The van der Waals surface area contributed by atoms with Crippen LogP contribution in [0.4, 0.5) is 5.69 Å². The lowest BCUT2D eigenvalue weighted by Crippen LogP contribution is -2.45. The van der Waals surface area contributed by atoms with Crippen molar-refractivity contribution in [3.8, 4) is 6.07 Å². The predicted octanol–water partition coefficient (Wildman–Crippen LogP) is 5.07. The Balaban J connectivity index is 1.39. The van der Waals surface area contributed by atoms with E-state index in [-0.39, 0.29) is 30.5 Å². The van der Waals surface area contributed by atoms with E-state index in [4.69, 9.17) is 4.98 Å². The van der Waals surface area contributed by atoms with Crippen LogP contribution in [0.5, 0.6) is 0 Å². The summed E-state index contributed by atoms with van der Waals surface area (Å²) in [7, 11) is 0. The number of nitriles is 1. The smallest absolute Gasteiger partial charge is 0.257 e. The monoisotopic (exact) mass is 538 g/mol. The number of fused-ring (bicyclic) bond motifs is 1. The molecule has 39 heavy (non-hydrogen) atoms. The van der Waals surface area contributed by atoms with Crippen LogP contribution in [0, 0.1) is 11.3 Å². The van der Waals surface area contributed by atoms with Crippen molar-refractivity contribution >= 4 is 35.2 Å². The molecule has 1 aliphatic carbocycles. The average molecular weight is 539 g/mol. The van der Waals surface area contributed by atoms with E-state index in [2.05, 4.69) is 6.07 Å². The zero-order valence-corrected chi connectivity index (χ0v) is 22.5. The zero-order valence-electron chi connectivity index (χ0n) is 21.7. The number of hydrogen-bond acceptors (Lipinski definition) is 6. The first-order chi connectivity index (χ1) is 19.0.